The van der Waals surface area contributed by atoms with E-state index in [9.17, 15) is 9.18 Å². The van der Waals surface area contributed by atoms with Gasteiger partial charge in [0.25, 0.3) is 5.91 Å². The van der Waals surface area contributed by atoms with Crippen LogP contribution in [-0.2, 0) is 4.79 Å². The summed E-state index contributed by atoms with van der Waals surface area (Å²) in [5.41, 5.74) is 0.926. The molecule has 0 aliphatic rings. The number of amides is 1. The van der Waals surface area contributed by atoms with E-state index in [4.69, 9.17) is 0 Å². The van der Waals surface area contributed by atoms with Crippen molar-refractivity contribution in [1.82, 2.24) is 0 Å². The number of carbonyl (C=O) groups is 1. The van der Waals surface area contributed by atoms with E-state index in [1.807, 2.05) is 0 Å². The van der Waals surface area contributed by atoms with E-state index in [0.29, 0.717) is 11.3 Å². The van der Waals surface area contributed by atoms with Crippen LogP contribution in [0.25, 0.3) is 0 Å². The third-order valence-electron chi connectivity index (χ3n) is 2.07. The third-order valence-corrected chi connectivity index (χ3v) is 2.07. The zero-order chi connectivity index (χ0) is 12.7. The zero-order valence-corrected chi connectivity index (χ0v) is 9.61. The average Bonchev–Trinajstić information content (AvgIpc) is 2.30. The van der Waals surface area contributed by atoms with Gasteiger partial charge in [-0.2, -0.15) is 0 Å². The van der Waals surface area contributed by atoms with Crippen molar-refractivity contribution in [2.45, 2.75) is 6.92 Å². The van der Waals surface area contributed by atoms with Crippen molar-refractivity contribution >= 4 is 11.6 Å². The molecule has 0 radical (unpaired) electrons. The molecule has 0 heterocycles. The zero-order valence-electron chi connectivity index (χ0n) is 9.61. The first-order valence-electron chi connectivity index (χ1n) is 5.19. The number of nitrogens with one attached hydrogen (secondary N) is 1. The highest BCUT2D eigenvalue weighted by Gasteiger charge is 2.05. The summed E-state index contributed by atoms with van der Waals surface area (Å²) in [5, 5.41) is 2.61. The quantitative estimate of drug-likeness (QED) is 0.624. The minimum absolute atomic E-state index is 0.281. The highest BCUT2D eigenvalue weighted by Crippen LogP contribution is 2.11. The lowest BCUT2D eigenvalue weighted by Crippen LogP contribution is -2.13. The smallest absolute Gasteiger partial charge is 0.255 e. The van der Waals surface area contributed by atoms with E-state index in [1.165, 1.54) is 12.1 Å². The molecular weight excluding hydrogens is 217 g/mol. The van der Waals surface area contributed by atoms with Crippen molar-refractivity contribution in [2.75, 3.05) is 5.32 Å². The summed E-state index contributed by atoms with van der Waals surface area (Å²) in [5.74, 6) is -0.664. The van der Waals surface area contributed by atoms with Crippen LogP contribution >= 0.6 is 0 Å². The predicted molar refractivity (Wildman–Crippen MR) is 68.1 cm³/mol. The number of anilines is 1. The fraction of sp³-hybridized carbons (Fsp3) is 0.0714. The number of halogens is 1. The average molecular weight is 231 g/mol. The van der Waals surface area contributed by atoms with Crippen molar-refractivity contribution in [1.29, 1.82) is 0 Å². The van der Waals surface area contributed by atoms with E-state index < -0.39 is 0 Å². The van der Waals surface area contributed by atoms with Gasteiger partial charge in [-0.25, -0.2) is 4.39 Å². The van der Waals surface area contributed by atoms with Gasteiger partial charge in [0.05, 0.1) is 0 Å². The van der Waals surface area contributed by atoms with E-state index in [1.54, 1.807) is 43.4 Å². The van der Waals surface area contributed by atoms with Gasteiger partial charge in [-0.3, -0.25) is 4.79 Å². The highest BCUT2D eigenvalue weighted by molar-refractivity contribution is 6.05. The van der Waals surface area contributed by atoms with Gasteiger partial charge in [0, 0.05) is 11.3 Å². The number of allylic oxidation sites excluding steroid dienone is 3. The minimum atomic E-state index is -0.383. The van der Waals surface area contributed by atoms with Gasteiger partial charge < -0.3 is 5.32 Å². The van der Waals surface area contributed by atoms with Crippen LogP contribution in [-0.4, -0.2) is 5.91 Å². The Labute approximate surface area is 100 Å². The Bertz CT molecular complexity index is 475. The van der Waals surface area contributed by atoms with Crippen molar-refractivity contribution in [3.8, 4) is 0 Å². The first-order chi connectivity index (χ1) is 8.17. The molecule has 1 aromatic carbocycles. The van der Waals surface area contributed by atoms with Crippen LogP contribution in [0, 0.1) is 5.82 Å². The van der Waals surface area contributed by atoms with Crippen LogP contribution in [0.15, 0.2) is 60.7 Å². The molecule has 1 N–H and O–H groups in total. The van der Waals surface area contributed by atoms with Crippen molar-refractivity contribution < 1.29 is 9.18 Å². The van der Waals surface area contributed by atoms with Crippen LogP contribution in [0.4, 0.5) is 10.1 Å². The summed E-state index contributed by atoms with van der Waals surface area (Å²) >= 11 is 0. The van der Waals surface area contributed by atoms with Gasteiger partial charge in [-0.1, -0.05) is 30.9 Å². The van der Waals surface area contributed by atoms with Gasteiger partial charge in [0.2, 0.25) is 0 Å². The van der Waals surface area contributed by atoms with Gasteiger partial charge in [0.15, 0.2) is 0 Å². The molecule has 2 nitrogen and oxygen atoms in total. The van der Waals surface area contributed by atoms with E-state index in [0.717, 1.165) is 0 Å². The Morgan fingerprint density at radius 3 is 2.82 bits per heavy atom. The predicted octanol–water partition coefficient (Wildman–Crippen LogP) is 3.45. The summed E-state index contributed by atoms with van der Waals surface area (Å²) in [6.07, 6.45) is 6.57. The maximum atomic E-state index is 12.9. The molecule has 0 atom stereocenters. The molecule has 17 heavy (non-hydrogen) atoms. The number of benzene rings is 1. The number of rotatable bonds is 4. The van der Waals surface area contributed by atoms with Crippen LogP contribution in [0.1, 0.15) is 6.92 Å². The first-order valence-corrected chi connectivity index (χ1v) is 5.19. The van der Waals surface area contributed by atoms with Gasteiger partial charge in [-0.15, -0.1) is 0 Å². The van der Waals surface area contributed by atoms with Crippen molar-refractivity contribution in [3.05, 3.63) is 66.5 Å². The third kappa shape index (κ3) is 4.07. The molecular formula is C14H14FNO. The van der Waals surface area contributed by atoms with Crippen LogP contribution in [0.2, 0.25) is 0 Å². The SMILES string of the molecule is C=C/C=C\C(=C/C)C(=O)Nc1cccc(F)c1. The Balaban J connectivity index is 2.78. The second-order valence-electron chi connectivity index (χ2n) is 3.30. The van der Waals surface area contributed by atoms with Crippen molar-refractivity contribution in [2.24, 2.45) is 0 Å². The monoisotopic (exact) mass is 231 g/mol. The Kier molecular flexibility index (Phi) is 4.88. The molecule has 1 amide bonds. The van der Waals surface area contributed by atoms with E-state index in [-0.39, 0.29) is 11.7 Å². The Morgan fingerprint density at radius 1 is 1.47 bits per heavy atom. The largest absolute Gasteiger partial charge is 0.322 e. The summed E-state index contributed by atoms with van der Waals surface area (Å²) in [7, 11) is 0. The molecule has 0 bridgehead atoms. The fourth-order valence-electron chi connectivity index (χ4n) is 1.24. The van der Waals surface area contributed by atoms with Gasteiger partial charge in [0.1, 0.15) is 5.82 Å². The first kappa shape index (κ1) is 12.9. The number of carbonyl (C=O) groups excluding carboxylic acids is 1. The Morgan fingerprint density at radius 2 is 2.24 bits per heavy atom. The minimum Gasteiger partial charge on any atom is -0.322 e. The molecule has 0 aromatic heterocycles. The lowest BCUT2D eigenvalue weighted by atomic mass is 10.2. The van der Waals surface area contributed by atoms with E-state index >= 15 is 0 Å². The van der Waals surface area contributed by atoms with Crippen LogP contribution < -0.4 is 5.32 Å². The molecule has 3 heteroatoms. The van der Waals surface area contributed by atoms with Crippen molar-refractivity contribution in [3.63, 3.8) is 0 Å². The number of hydrogen-bond donors (Lipinski definition) is 1. The van der Waals surface area contributed by atoms with Crippen LogP contribution in [0.3, 0.4) is 0 Å². The molecule has 0 spiro atoms. The highest BCUT2D eigenvalue weighted by atomic mass is 19.1. The van der Waals surface area contributed by atoms with E-state index in [2.05, 4.69) is 11.9 Å². The maximum Gasteiger partial charge on any atom is 0.255 e. The topological polar surface area (TPSA) is 29.1 Å². The normalized spacial score (nSPS) is 11.5. The molecule has 0 aliphatic carbocycles. The Hall–Kier alpha value is -2.16. The molecule has 0 saturated heterocycles. The van der Waals surface area contributed by atoms with Gasteiger partial charge in [-0.05, 0) is 31.2 Å². The lowest BCUT2D eigenvalue weighted by molar-refractivity contribution is -0.112. The standard InChI is InChI=1S/C14H14FNO/c1-3-5-7-11(4-2)14(17)16-13-9-6-8-12(15)10-13/h3-10H,1H2,2H3,(H,16,17)/b7-5-,11-4+. The molecule has 1 aromatic rings. The maximum absolute atomic E-state index is 12.9. The summed E-state index contributed by atoms with van der Waals surface area (Å²) in [4.78, 5) is 11.8. The summed E-state index contributed by atoms with van der Waals surface area (Å²) < 4.78 is 12.9. The molecule has 0 saturated carbocycles. The lowest BCUT2D eigenvalue weighted by Gasteiger charge is -2.05. The number of hydrogen-bond acceptors (Lipinski definition) is 1. The summed E-state index contributed by atoms with van der Waals surface area (Å²) in [6, 6.07) is 5.76. The van der Waals surface area contributed by atoms with Crippen LogP contribution in [0.5, 0.6) is 0 Å². The second-order valence-corrected chi connectivity index (χ2v) is 3.30. The fourth-order valence-corrected chi connectivity index (χ4v) is 1.24. The molecule has 1 rings (SSSR count). The molecule has 88 valence electrons. The van der Waals surface area contributed by atoms with Gasteiger partial charge >= 0.3 is 0 Å². The molecule has 0 fully saturated rings. The second kappa shape index (κ2) is 6.43. The molecule has 0 aliphatic heterocycles. The molecule has 0 unspecified atom stereocenters. The summed E-state index contributed by atoms with van der Waals surface area (Å²) in [6.45, 7) is 5.28.